The molecule has 3 N–H and O–H groups in total. The average Bonchev–Trinajstić information content (AvgIpc) is 2.99. The Morgan fingerprint density at radius 1 is 0.977 bits per heavy atom. The summed E-state index contributed by atoms with van der Waals surface area (Å²) < 4.78 is 22.3. The van der Waals surface area contributed by atoms with Crippen LogP contribution in [0.5, 0.6) is 11.5 Å². The van der Waals surface area contributed by atoms with Crippen LogP contribution in [0.1, 0.15) is 52.0 Å². The molecule has 0 bridgehead atoms. The zero-order chi connectivity index (χ0) is 32.1. The molecule has 238 valence electrons. The number of aliphatic hydroxyl groups excluding tert-OH is 1. The molecule has 0 saturated carbocycles. The fourth-order valence-corrected chi connectivity index (χ4v) is 4.84. The first-order valence-corrected chi connectivity index (χ1v) is 14.7. The highest BCUT2D eigenvalue weighted by Crippen LogP contribution is 2.44. The van der Waals surface area contributed by atoms with Crippen LogP contribution in [0, 0.1) is 10.1 Å². The summed E-state index contributed by atoms with van der Waals surface area (Å²) in [6.07, 6.45) is 0.683. The summed E-state index contributed by atoms with van der Waals surface area (Å²) in [7, 11) is 0. The molecule has 0 radical (unpaired) electrons. The van der Waals surface area contributed by atoms with Crippen molar-refractivity contribution in [2.75, 3.05) is 39.5 Å². The van der Waals surface area contributed by atoms with Crippen LogP contribution in [0.2, 0.25) is 0 Å². The highest BCUT2D eigenvalue weighted by atomic mass is 16.6. The van der Waals surface area contributed by atoms with E-state index in [1.54, 1.807) is 27.7 Å². The Balaban J connectivity index is 1.72. The van der Waals surface area contributed by atoms with Gasteiger partial charge in [0.05, 0.1) is 41.8 Å². The number of hydrogen-bond donors (Lipinski definition) is 3. The van der Waals surface area contributed by atoms with Gasteiger partial charge in [-0.3, -0.25) is 10.1 Å². The van der Waals surface area contributed by atoms with Crippen LogP contribution in [-0.2, 0) is 19.1 Å². The normalized spacial score (nSPS) is 14.1. The summed E-state index contributed by atoms with van der Waals surface area (Å²) in [6, 6.07) is 13.4. The third-order valence-corrected chi connectivity index (χ3v) is 6.84. The summed E-state index contributed by atoms with van der Waals surface area (Å²) in [5.74, 6) is -1.34. The molecule has 44 heavy (non-hydrogen) atoms. The van der Waals surface area contributed by atoms with Crippen LogP contribution < -0.4 is 20.1 Å². The zero-order valence-corrected chi connectivity index (χ0v) is 25.6. The summed E-state index contributed by atoms with van der Waals surface area (Å²) in [4.78, 5) is 37.6. The number of nitro groups is 1. The van der Waals surface area contributed by atoms with Gasteiger partial charge in [-0.05, 0) is 65.3 Å². The third kappa shape index (κ3) is 9.29. The van der Waals surface area contributed by atoms with Crippen molar-refractivity contribution in [1.29, 1.82) is 0 Å². The first kappa shape index (κ1) is 34.1. The molecule has 1 aliphatic heterocycles. The molecular formula is C32H41N3O9. The van der Waals surface area contributed by atoms with Gasteiger partial charge in [-0.15, -0.1) is 0 Å². The maximum atomic E-state index is 13.2. The predicted octanol–water partition coefficient (Wildman–Crippen LogP) is 4.14. The van der Waals surface area contributed by atoms with Crippen molar-refractivity contribution < 1.29 is 38.6 Å². The van der Waals surface area contributed by atoms with Crippen LogP contribution >= 0.6 is 0 Å². The Bertz CT molecular complexity index is 1320. The van der Waals surface area contributed by atoms with Crippen LogP contribution in [-0.4, -0.2) is 67.6 Å². The number of nitrogens with zero attached hydrogens (tertiary/aromatic N) is 1. The van der Waals surface area contributed by atoms with E-state index in [9.17, 15) is 24.8 Å². The number of dihydropyridines is 1. The van der Waals surface area contributed by atoms with E-state index in [4.69, 9.17) is 18.9 Å². The van der Waals surface area contributed by atoms with Gasteiger partial charge >= 0.3 is 11.9 Å². The van der Waals surface area contributed by atoms with E-state index in [1.807, 2.05) is 30.3 Å². The molecule has 1 heterocycles. The van der Waals surface area contributed by atoms with Gasteiger partial charge in [0.25, 0.3) is 5.69 Å². The number of allylic oxidation sites excluding steroid dienone is 2. The molecule has 1 unspecified atom stereocenters. The van der Waals surface area contributed by atoms with Gasteiger partial charge in [0.2, 0.25) is 0 Å². The molecule has 12 heteroatoms. The molecule has 3 rings (SSSR count). The number of ether oxygens (including phenoxy) is 4. The summed E-state index contributed by atoms with van der Waals surface area (Å²) in [5, 5.41) is 28.2. The maximum absolute atomic E-state index is 13.2. The van der Waals surface area contributed by atoms with Crippen molar-refractivity contribution in [2.24, 2.45) is 0 Å². The highest BCUT2D eigenvalue weighted by molar-refractivity contribution is 6.00. The molecule has 0 saturated heterocycles. The monoisotopic (exact) mass is 611 g/mol. The molecule has 0 aromatic heterocycles. The molecule has 2 aromatic rings. The van der Waals surface area contributed by atoms with E-state index in [-0.39, 0.29) is 48.8 Å². The number of rotatable bonds is 17. The lowest BCUT2D eigenvalue weighted by Gasteiger charge is -2.31. The van der Waals surface area contributed by atoms with Crippen molar-refractivity contribution >= 4 is 17.6 Å². The largest absolute Gasteiger partial charge is 0.493 e. The molecule has 0 amide bonds. The average molecular weight is 612 g/mol. The lowest BCUT2D eigenvalue weighted by molar-refractivity contribution is -0.384. The molecule has 0 spiro atoms. The second-order valence-corrected chi connectivity index (χ2v) is 10.1. The Morgan fingerprint density at radius 3 is 2.20 bits per heavy atom. The summed E-state index contributed by atoms with van der Waals surface area (Å²) in [6.45, 7) is 8.32. The Labute approximate surface area is 257 Å². The van der Waals surface area contributed by atoms with Gasteiger partial charge in [0, 0.05) is 35.6 Å². The maximum Gasteiger partial charge on any atom is 0.336 e. The van der Waals surface area contributed by atoms with E-state index >= 15 is 0 Å². The predicted molar refractivity (Wildman–Crippen MR) is 163 cm³/mol. The third-order valence-electron chi connectivity index (χ3n) is 6.84. The van der Waals surface area contributed by atoms with Crippen molar-refractivity contribution in [1.82, 2.24) is 10.6 Å². The van der Waals surface area contributed by atoms with E-state index in [1.165, 1.54) is 18.2 Å². The number of nitrogens with one attached hydrogen (secondary N) is 2. The zero-order valence-electron chi connectivity index (χ0n) is 25.6. The smallest absolute Gasteiger partial charge is 0.336 e. The first-order chi connectivity index (χ1) is 21.2. The SMILES string of the molecule is CCOC(=O)C1=C(C)NC(C)=C(C(=O)OCC)C1c1cc([N+](=O)[O-])ccc1OCCCCNCC(O)COc1ccccc1. The Kier molecular flexibility index (Phi) is 13.2. The van der Waals surface area contributed by atoms with E-state index in [2.05, 4.69) is 10.6 Å². The van der Waals surface area contributed by atoms with Gasteiger partial charge in [-0.2, -0.15) is 0 Å². The van der Waals surface area contributed by atoms with Crippen LogP contribution in [0.25, 0.3) is 0 Å². The fourth-order valence-electron chi connectivity index (χ4n) is 4.84. The molecule has 12 nitrogen and oxygen atoms in total. The minimum absolute atomic E-state index is 0.100. The standard InChI is InChI=1S/C32H41N3O9/c1-5-41-31(37)28-21(3)34-22(4)29(32(38)42-6-2)30(28)26-18-23(35(39)40)14-15-27(26)43-17-11-10-16-33-19-24(36)20-44-25-12-8-7-9-13-25/h7-9,12-15,18,24,30,33-34,36H,5-6,10-11,16-17,19-20H2,1-4H3. The highest BCUT2D eigenvalue weighted by Gasteiger charge is 2.40. The van der Waals surface area contributed by atoms with Crippen LogP contribution in [0.3, 0.4) is 0 Å². The molecule has 1 aliphatic rings. The minimum Gasteiger partial charge on any atom is -0.493 e. The van der Waals surface area contributed by atoms with Gasteiger partial charge in [0.1, 0.15) is 24.2 Å². The number of carbonyl (C=O) groups is 2. The number of carbonyl (C=O) groups excluding carboxylic acids is 2. The molecule has 0 fully saturated rings. The fraction of sp³-hybridized carbons (Fsp3) is 0.438. The van der Waals surface area contributed by atoms with E-state index in [0.29, 0.717) is 42.4 Å². The summed E-state index contributed by atoms with van der Waals surface area (Å²) in [5.41, 5.74) is 1.27. The van der Waals surface area contributed by atoms with E-state index < -0.39 is 28.9 Å². The summed E-state index contributed by atoms with van der Waals surface area (Å²) >= 11 is 0. The van der Waals surface area contributed by atoms with E-state index in [0.717, 1.165) is 6.42 Å². The number of hydrogen-bond acceptors (Lipinski definition) is 11. The number of esters is 2. The van der Waals surface area contributed by atoms with Crippen molar-refractivity contribution in [2.45, 2.75) is 52.6 Å². The molecule has 0 aliphatic carbocycles. The molecular weight excluding hydrogens is 570 g/mol. The molecule has 1 atom stereocenters. The van der Waals surface area contributed by atoms with Gasteiger partial charge in [0.15, 0.2) is 0 Å². The first-order valence-electron chi connectivity index (χ1n) is 14.7. The second kappa shape index (κ2) is 17.0. The Hall–Kier alpha value is -4.42. The lowest BCUT2D eigenvalue weighted by atomic mass is 9.79. The van der Waals surface area contributed by atoms with Crippen LogP contribution in [0.4, 0.5) is 5.69 Å². The number of para-hydroxylation sites is 1. The number of non-ortho nitro benzene ring substituents is 1. The molecule has 2 aromatic carbocycles. The number of unbranched alkanes of at least 4 members (excludes halogenated alkanes) is 1. The van der Waals surface area contributed by atoms with Gasteiger partial charge < -0.3 is 34.7 Å². The Morgan fingerprint density at radius 2 is 1.61 bits per heavy atom. The number of aliphatic hydroxyl groups is 1. The second-order valence-electron chi connectivity index (χ2n) is 10.1. The van der Waals surface area contributed by atoms with Gasteiger partial charge in [-0.25, -0.2) is 9.59 Å². The van der Waals surface area contributed by atoms with Crippen molar-refractivity contribution in [3.05, 3.63) is 86.7 Å². The van der Waals surface area contributed by atoms with Crippen molar-refractivity contribution in [3.8, 4) is 11.5 Å². The van der Waals surface area contributed by atoms with Crippen LogP contribution in [0.15, 0.2) is 71.1 Å². The number of benzene rings is 2. The van der Waals surface area contributed by atoms with Crippen molar-refractivity contribution in [3.63, 3.8) is 0 Å². The minimum atomic E-state index is -1.02. The lowest BCUT2D eigenvalue weighted by Crippen LogP contribution is -2.33. The van der Waals surface area contributed by atoms with Gasteiger partial charge in [-0.1, -0.05) is 18.2 Å². The number of nitro benzene ring substituents is 1. The topological polar surface area (TPSA) is 158 Å². The quantitative estimate of drug-likeness (QED) is 0.102.